The van der Waals surface area contributed by atoms with Gasteiger partial charge in [0.1, 0.15) is 5.75 Å². The van der Waals surface area contributed by atoms with Gasteiger partial charge >= 0.3 is 6.18 Å². The minimum Gasteiger partial charge on any atom is -0.494 e. The van der Waals surface area contributed by atoms with E-state index in [-0.39, 0.29) is 6.42 Å². The fourth-order valence-electron chi connectivity index (χ4n) is 3.77. The zero-order valence-corrected chi connectivity index (χ0v) is 19.9. The molecule has 1 atom stereocenters. The van der Waals surface area contributed by atoms with E-state index in [1.54, 1.807) is 23.5 Å². The molecule has 11 heteroatoms. The molecule has 0 bridgehead atoms. The number of unbranched alkanes of at least 4 members (excludes halogenated alkanes) is 2. The largest absolute Gasteiger partial charge is 0.494 e. The van der Waals surface area contributed by atoms with Gasteiger partial charge in [0.15, 0.2) is 12.1 Å². The molecule has 4 rings (SSSR count). The second-order valence-electron chi connectivity index (χ2n) is 8.10. The Balaban J connectivity index is 1.48. The lowest BCUT2D eigenvalue weighted by Crippen LogP contribution is -2.32. The first-order chi connectivity index (χ1) is 16.8. The van der Waals surface area contributed by atoms with Gasteiger partial charge in [-0.2, -0.15) is 13.2 Å². The predicted octanol–water partition coefficient (Wildman–Crippen LogP) is 5.20. The maximum absolute atomic E-state index is 12.2. The molecule has 1 unspecified atom stereocenters. The number of nitrogens with one attached hydrogen (secondary N) is 2. The number of thiophene rings is 1. The number of nitrogens with zero attached hydrogens (tertiary/aromatic N) is 3. The van der Waals surface area contributed by atoms with Crippen LogP contribution in [0.5, 0.6) is 5.75 Å². The highest BCUT2D eigenvalue weighted by atomic mass is 32.1. The first kappa shape index (κ1) is 24.9. The van der Waals surface area contributed by atoms with Gasteiger partial charge < -0.3 is 15.2 Å². The lowest BCUT2D eigenvalue weighted by atomic mass is 9.97. The number of hydrogen-bond acceptors (Lipinski definition) is 7. The van der Waals surface area contributed by atoms with Crippen molar-refractivity contribution in [1.82, 2.24) is 25.9 Å². The number of aliphatic hydroxyl groups is 1. The van der Waals surface area contributed by atoms with Crippen LogP contribution in [-0.2, 0) is 6.42 Å². The van der Waals surface area contributed by atoms with Crippen LogP contribution in [-0.4, -0.2) is 44.7 Å². The van der Waals surface area contributed by atoms with Gasteiger partial charge in [-0.05, 0) is 84.1 Å². The number of tetrazole rings is 1. The molecule has 3 heterocycles. The van der Waals surface area contributed by atoms with Crippen molar-refractivity contribution >= 4 is 28.2 Å². The number of halogens is 3. The number of alkyl halides is 3. The van der Waals surface area contributed by atoms with Crippen LogP contribution in [0.3, 0.4) is 0 Å². The summed E-state index contributed by atoms with van der Waals surface area (Å²) in [6.07, 6.45) is -1.87. The molecular weight excluding hydrogens is 479 g/mol. The van der Waals surface area contributed by atoms with Gasteiger partial charge in [-0.25, -0.2) is 5.10 Å². The van der Waals surface area contributed by atoms with Crippen molar-refractivity contribution in [3.8, 4) is 5.75 Å². The maximum Gasteiger partial charge on any atom is 0.389 e. The summed E-state index contributed by atoms with van der Waals surface area (Å²) in [5, 5.41) is 28.1. The van der Waals surface area contributed by atoms with Crippen LogP contribution in [0.4, 0.5) is 13.2 Å². The summed E-state index contributed by atoms with van der Waals surface area (Å²) >= 11 is 1.65. The number of ether oxygens (including phenoxy) is 1. The summed E-state index contributed by atoms with van der Waals surface area (Å²) in [6.45, 7) is 2.45. The average molecular weight is 506 g/mol. The number of allylic oxidation sites excluding steroid dienone is 2. The molecule has 0 saturated heterocycles. The minimum absolute atomic E-state index is 0.111. The number of aliphatic hydroxyl groups excluding tert-OH is 1. The van der Waals surface area contributed by atoms with Crippen LogP contribution in [0.25, 0.3) is 16.8 Å². The third kappa shape index (κ3) is 6.49. The molecule has 1 aromatic carbocycles. The van der Waals surface area contributed by atoms with Crippen LogP contribution in [0.15, 0.2) is 42.5 Å². The highest BCUT2D eigenvalue weighted by molar-refractivity contribution is 7.13. The molecule has 0 aliphatic carbocycles. The zero-order chi connectivity index (χ0) is 24.8. The van der Waals surface area contributed by atoms with Crippen LogP contribution in [0.2, 0.25) is 0 Å². The predicted molar refractivity (Wildman–Crippen MR) is 128 cm³/mol. The summed E-state index contributed by atoms with van der Waals surface area (Å²) in [5.74, 6) is 1.03. The molecule has 3 N–H and O–H groups in total. The molecule has 1 aliphatic rings. The lowest BCUT2D eigenvalue weighted by Gasteiger charge is -2.25. The number of benzene rings is 1. The third-order valence-electron chi connectivity index (χ3n) is 5.56. The van der Waals surface area contributed by atoms with Crippen LogP contribution < -0.4 is 10.1 Å². The molecule has 0 spiro atoms. The van der Waals surface area contributed by atoms with Crippen molar-refractivity contribution in [3.05, 3.63) is 63.6 Å². The van der Waals surface area contributed by atoms with Crippen LogP contribution in [0.1, 0.15) is 53.7 Å². The smallest absolute Gasteiger partial charge is 0.389 e. The number of hydrogen-bond donors (Lipinski definition) is 3. The SMILES string of the molecule is CCc1ccc(C2=C(c3nnn[nH]3)C(O)NC(c3ccc(OCCCCCC(F)(F)F)cc3)=C2)s1. The van der Waals surface area contributed by atoms with Gasteiger partial charge in [-0.3, -0.25) is 0 Å². The number of aromatic nitrogens is 4. The van der Waals surface area contributed by atoms with Gasteiger partial charge in [0.2, 0.25) is 0 Å². The quantitative estimate of drug-likeness (QED) is 0.328. The molecule has 186 valence electrons. The average Bonchev–Trinajstić information content (AvgIpc) is 3.53. The minimum atomic E-state index is -4.10. The Hall–Kier alpha value is -3.18. The van der Waals surface area contributed by atoms with E-state index in [9.17, 15) is 18.3 Å². The fourth-order valence-corrected chi connectivity index (χ4v) is 4.75. The third-order valence-corrected chi connectivity index (χ3v) is 6.82. The first-order valence-electron chi connectivity index (χ1n) is 11.4. The Labute approximate surface area is 204 Å². The van der Waals surface area contributed by atoms with E-state index in [1.165, 1.54) is 4.88 Å². The summed E-state index contributed by atoms with van der Waals surface area (Å²) in [4.78, 5) is 2.22. The van der Waals surface area contributed by atoms with Gasteiger partial charge in [0.05, 0.1) is 12.2 Å². The lowest BCUT2D eigenvalue weighted by molar-refractivity contribution is -0.135. The number of aromatic amines is 1. The molecule has 2 aromatic heterocycles. The van der Waals surface area contributed by atoms with Crippen LogP contribution >= 0.6 is 11.3 Å². The maximum atomic E-state index is 12.2. The summed E-state index contributed by atoms with van der Waals surface area (Å²) in [7, 11) is 0. The standard InChI is InChI=1S/C24H26F3N5O2S/c1-2-17-10-11-20(35-17)18-14-19(28-23(33)21(18)22-29-31-32-30-22)15-6-8-16(9-7-15)34-13-5-3-4-12-24(25,26)27/h6-11,14,23,28,33H,2-5,12-13H2,1H3,(H,29,30,31,32). The van der Waals surface area contributed by atoms with Gasteiger partial charge in [-0.1, -0.05) is 6.92 Å². The molecule has 0 saturated carbocycles. The van der Waals surface area contributed by atoms with E-state index >= 15 is 0 Å². The van der Waals surface area contributed by atoms with E-state index in [2.05, 4.69) is 38.9 Å². The molecular formula is C24H26F3N5O2S. The van der Waals surface area contributed by atoms with Crippen molar-refractivity contribution in [2.24, 2.45) is 0 Å². The van der Waals surface area contributed by atoms with Crippen molar-refractivity contribution < 1.29 is 23.0 Å². The number of rotatable bonds is 10. The highest BCUT2D eigenvalue weighted by Gasteiger charge is 2.28. The molecule has 35 heavy (non-hydrogen) atoms. The molecule has 0 amide bonds. The van der Waals surface area contributed by atoms with Crippen molar-refractivity contribution in [2.45, 2.75) is 51.4 Å². The Bertz CT molecular complexity index is 1170. The number of aryl methyl sites for hydroxylation is 1. The second kappa shape index (κ2) is 11.0. The van der Waals surface area contributed by atoms with Gasteiger partial charge in [0.25, 0.3) is 0 Å². The van der Waals surface area contributed by atoms with E-state index in [0.29, 0.717) is 36.6 Å². The molecule has 7 nitrogen and oxygen atoms in total. The molecule has 1 aliphatic heterocycles. The van der Waals surface area contributed by atoms with Gasteiger partial charge in [0, 0.05) is 27.4 Å². The van der Waals surface area contributed by atoms with Crippen LogP contribution in [0, 0.1) is 0 Å². The number of H-pyrrole nitrogens is 1. The molecule has 3 aromatic rings. The van der Waals surface area contributed by atoms with E-state index in [1.807, 2.05) is 24.3 Å². The Morgan fingerprint density at radius 2 is 1.89 bits per heavy atom. The van der Waals surface area contributed by atoms with Gasteiger partial charge in [-0.15, -0.1) is 16.4 Å². The molecule has 0 radical (unpaired) electrons. The van der Waals surface area contributed by atoms with E-state index in [0.717, 1.165) is 28.1 Å². The zero-order valence-electron chi connectivity index (χ0n) is 19.1. The van der Waals surface area contributed by atoms with Crippen molar-refractivity contribution in [1.29, 1.82) is 0 Å². The van der Waals surface area contributed by atoms with Crippen molar-refractivity contribution in [3.63, 3.8) is 0 Å². The topological polar surface area (TPSA) is 96.0 Å². The normalized spacial score (nSPS) is 16.3. The fraction of sp³-hybridized carbons (Fsp3) is 0.375. The Kier molecular flexibility index (Phi) is 7.86. The Morgan fingerprint density at radius 3 is 2.54 bits per heavy atom. The van der Waals surface area contributed by atoms with E-state index in [4.69, 9.17) is 4.74 Å². The molecule has 0 fully saturated rings. The van der Waals surface area contributed by atoms with Crippen molar-refractivity contribution in [2.75, 3.05) is 6.61 Å². The first-order valence-corrected chi connectivity index (χ1v) is 12.2. The Morgan fingerprint density at radius 1 is 1.09 bits per heavy atom. The summed E-state index contributed by atoms with van der Waals surface area (Å²) in [5.41, 5.74) is 2.97. The summed E-state index contributed by atoms with van der Waals surface area (Å²) in [6, 6.07) is 11.4. The highest BCUT2D eigenvalue weighted by Crippen LogP contribution is 2.37. The monoisotopic (exact) mass is 505 g/mol. The number of dihydropyridines is 1. The summed E-state index contributed by atoms with van der Waals surface area (Å²) < 4.78 is 42.3. The second-order valence-corrected chi connectivity index (χ2v) is 9.27. The van der Waals surface area contributed by atoms with E-state index < -0.39 is 18.8 Å².